The molecule has 3 N–H and O–H groups in total. The van der Waals surface area contributed by atoms with Crippen LogP contribution in [0, 0.1) is 10.1 Å². The third kappa shape index (κ3) is 10.6. The number of methoxy groups -OCH3 is 1. The number of non-ortho nitro benzene ring substituents is 1. The van der Waals surface area contributed by atoms with Crippen molar-refractivity contribution in [2.24, 2.45) is 0 Å². The molecule has 178 valence electrons. The highest BCUT2D eigenvalue weighted by atomic mass is 16.6. The van der Waals surface area contributed by atoms with Gasteiger partial charge in [0.25, 0.3) is 5.69 Å². The largest absolute Gasteiger partial charge is 0.467 e. The first kappa shape index (κ1) is 26.6. The topological polar surface area (TPSA) is 166 Å². The molecule has 1 aromatic carbocycles. The maximum Gasteiger partial charge on any atom is 0.408 e. The lowest BCUT2D eigenvalue weighted by Gasteiger charge is -2.23. The van der Waals surface area contributed by atoms with Crippen molar-refractivity contribution in [3.8, 4) is 0 Å². The Bertz CT molecular complexity index is 791. The van der Waals surface area contributed by atoms with Gasteiger partial charge in [-0.25, -0.2) is 14.4 Å². The average Bonchev–Trinajstić information content (AvgIpc) is 2.71. The summed E-state index contributed by atoms with van der Waals surface area (Å²) in [6, 6.07) is 4.49. The smallest absolute Gasteiger partial charge is 0.408 e. The predicted molar refractivity (Wildman–Crippen MR) is 112 cm³/mol. The predicted octanol–water partition coefficient (Wildman–Crippen LogP) is 2.03. The lowest BCUT2D eigenvalue weighted by molar-refractivity contribution is -0.384. The molecule has 0 aliphatic rings. The second-order valence-corrected chi connectivity index (χ2v) is 7.83. The summed E-state index contributed by atoms with van der Waals surface area (Å²) >= 11 is 0. The van der Waals surface area contributed by atoms with Gasteiger partial charge < -0.3 is 30.0 Å². The molecule has 0 bridgehead atoms. The Kier molecular flexibility index (Phi) is 10.4. The third-order valence-electron chi connectivity index (χ3n) is 3.96. The molecule has 0 aliphatic heterocycles. The number of nitrogens with one attached hydrogen (secondary N) is 2. The van der Waals surface area contributed by atoms with E-state index in [1.165, 1.54) is 31.4 Å². The third-order valence-corrected chi connectivity index (χ3v) is 3.96. The SMILES string of the molecule is COC(=O)C(CCC(O)CNC(=O)OCc1ccc([N+](=O)[O-])cc1)NC(=O)OC(C)(C)C. The Morgan fingerprint density at radius 2 is 1.75 bits per heavy atom. The van der Waals surface area contributed by atoms with Crippen LogP contribution in [0.2, 0.25) is 0 Å². The van der Waals surface area contributed by atoms with E-state index in [2.05, 4.69) is 15.4 Å². The number of hydrogen-bond donors (Lipinski definition) is 3. The molecule has 32 heavy (non-hydrogen) atoms. The normalized spacial score (nSPS) is 12.8. The number of ether oxygens (including phenoxy) is 3. The van der Waals surface area contributed by atoms with Crippen molar-refractivity contribution in [3.05, 3.63) is 39.9 Å². The highest BCUT2D eigenvalue weighted by Gasteiger charge is 2.25. The van der Waals surface area contributed by atoms with Gasteiger partial charge in [0.15, 0.2) is 0 Å². The fourth-order valence-corrected chi connectivity index (χ4v) is 2.42. The Morgan fingerprint density at radius 3 is 2.28 bits per heavy atom. The molecule has 0 aromatic heterocycles. The van der Waals surface area contributed by atoms with E-state index in [-0.39, 0.29) is 31.7 Å². The fourth-order valence-electron chi connectivity index (χ4n) is 2.42. The zero-order valence-corrected chi connectivity index (χ0v) is 18.5. The number of rotatable bonds is 10. The van der Waals surface area contributed by atoms with Gasteiger partial charge in [0, 0.05) is 18.7 Å². The molecule has 0 fully saturated rings. The maximum atomic E-state index is 11.9. The number of hydrogen-bond acceptors (Lipinski definition) is 9. The van der Waals surface area contributed by atoms with Gasteiger partial charge in [-0.1, -0.05) is 0 Å². The molecule has 0 saturated carbocycles. The Labute approximate surface area is 185 Å². The number of carbonyl (C=O) groups excluding carboxylic acids is 3. The van der Waals surface area contributed by atoms with Crippen molar-refractivity contribution >= 4 is 23.8 Å². The van der Waals surface area contributed by atoms with E-state index in [1.807, 2.05) is 0 Å². The lowest BCUT2D eigenvalue weighted by Crippen LogP contribution is -2.44. The van der Waals surface area contributed by atoms with Crippen LogP contribution in [0.25, 0.3) is 0 Å². The molecule has 2 unspecified atom stereocenters. The van der Waals surface area contributed by atoms with Crippen LogP contribution in [0.1, 0.15) is 39.2 Å². The average molecular weight is 455 g/mol. The number of carbonyl (C=O) groups is 3. The molecule has 0 radical (unpaired) electrons. The summed E-state index contributed by atoms with van der Waals surface area (Å²) in [5.41, 5.74) is -0.267. The van der Waals surface area contributed by atoms with Crippen LogP contribution in [0.15, 0.2) is 24.3 Å². The summed E-state index contributed by atoms with van der Waals surface area (Å²) in [5.74, 6) is -0.696. The van der Waals surface area contributed by atoms with Gasteiger partial charge in [-0.05, 0) is 51.3 Å². The van der Waals surface area contributed by atoms with E-state index in [1.54, 1.807) is 20.8 Å². The fraction of sp³-hybridized carbons (Fsp3) is 0.550. The first-order chi connectivity index (χ1) is 14.9. The van der Waals surface area contributed by atoms with Crippen LogP contribution in [-0.4, -0.2) is 59.6 Å². The number of benzene rings is 1. The zero-order chi connectivity index (χ0) is 24.3. The van der Waals surface area contributed by atoms with Crippen LogP contribution >= 0.6 is 0 Å². The van der Waals surface area contributed by atoms with Crippen molar-refractivity contribution in [2.75, 3.05) is 13.7 Å². The first-order valence-corrected chi connectivity index (χ1v) is 9.80. The minimum absolute atomic E-state index is 0.0482. The monoisotopic (exact) mass is 455 g/mol. The number of nitro benzene ring substituents is 1. The van der Waals surface area contributed by atoms with Gasteiger partial charge in [-0.2, -0.15) is 0 Å². The Morgan fingerprint density at radius 1 is 1.12 bits per heavy atom. The van der Waals surface area contributed by atoms with E-state index in [0.29, 0.717) is 5.56 Å². The Balaban J connectivity index is 2.41. The van der Waals surface area contributed by atoms with Crippen molar-refractivity contribution in [1.29, 1.82) is 0 Å². The van der Waals surface area contributed by atoms with Crippen LogP contribution in [0.5, 0.6) is 0 Å². The van der Waals surface area contributed by atoms with Gasteiger partial charge >= 0.3 is 18.2 Å². The number of nitro groups is 1. The molecule has 2 atom stereocenters. The highest BCUT2D eigenvalue weighted by molar-refractivity contribution is 5.81. The zero-order valence-electron chi connectivity index (χ0n) is 18.5. The number of aliphatic hydroxyl groups excluding tert-OH is 1. The molecule has 1 rings (SSSR count). The lowest BCUT2D eigenvalue weighted by atomic mass is 10.1. The van der Waals surface area contributed by atoms with Crippen LogP contribution in [-0.2, 0) is 25.6 Å². The van der Waals surface area contributed by atoms with E-state index < -0.39 is 40.8 Å². The first-order valence-electron chi connectivity index (χ1n) is 9.80. The van der Waals surface area contributed by atoms with Gasteiger partial charge in [0.2, 0.25) is 0 Å². The summed E-state index contributed by atoms with van der Waals surface area (Å²) < 4.78 is 14.7. The molecule has 0 aliphatic carbocycles. The second-order valence-electron chi connectivity index (χ2n) is 7.83. The van der Waals surface area contributed by atoms with Gasteiger partial charge in [0.1, 0.15) is 18.2 Å². The van der Waals surface area contributed by atoms with E-state index in [9.17, 15) is 29.6 Å². The molecule has 1 aromatic rings. The number of esters is 1. The van der Waals surface area contributed by atoms with E-state index in [4.69, 9.17) is 9.47 Å². The van der Waals surface area contributed by atoms with Gasteiger partial charge in [-0.3, -0.25) is 10.1 Å². The van der Waals surface area contributed by atoms with Crippen molar-refractivity contribution < 1.29 is 38.6 Å². The minimum atomic E-state index is -1.03. The summed E-state index contributed by atoms with van der Waals surface area (Å²) in [4.78, 5) is 45.6. The highest BCUT2D eigenvalue weighted by Crippen LogP contribution is 2.13. The maximum absolute atomic E-state index is 11.9. The summed E-state index contributed by atoms with van der Waals surface area (Å²) in [5, 5.41) is 25.4. The standard InChI is InChI=1S/C20H29N3O9/c1-20(2,3)32-19(27)22-16(17(25)30-4)10-9-15(24)11-21-18(26)31-12-13-5-7-14(8-6-13)23(28)29/h5-8,15-16,24H,9-12H2,1-4H3,(H,21,26)(H,22,27). The van der Waals surface area contributed by atoms with E-state index in [0.717, 1.165) is 0 Å². The number of aliphatic hydroxyl groups is 1. The van der Waals surface area contributed by atoms with Gasteiger partial charge in [-0.15, -0.1) is 0 Å². The van der Waals surface area contributed by atoms with Crippen LogP contribution in [0.4, 0.5) is 15.3 Å². The van der Waals surface area contributed by atoms with Gasteiger partial charge in [0.05, 0.1) is 18.1 Å². The van der Waals surface area contributed by atoms with Crippen molar-refractivity contribution in [2.45, 2.75) is 58.0 Å². The summed E-state index contributed by atoms with van der Waals surface area (Å²) in [6.07, 6.45) is -2.49. The molecule has 12 nitrogen and oxygen atoms in total. The quantitative estimate of drug-likeness (QED) is 0.207. The number of nitrogens with zero attached hydrogens (tertiary/aromatic N) is 1. The molecular weight excluding hydrogens is 426 g/mol. The molecular formula is C20H29N3O9. The molecule has 0 saturated heterocycles. The van der Waals surface area contributed by atoms with E-state index >= 15 is 0 Å². The number of amides is 2. The van der Waals surface area contributed by atoms with Crippen molar-refractivity contribution in [3.63, 3.8) is 0 Å². The molecule has 12 heteroatoms. The molecule has 2 amide bonds. The van der Waals surface area contributed by atoms with Crippen molar-refractivity contribution in [1.82, 2.24) is 10.6 Å². The molecule has 0 heterocycles. The summed E-state index contributed by atoms with van der Waals surface area (Å²) in [7, 11) is 1.17. The summed E-state index contributed by atoms with van der Waals surface area (Å²) in [6.45, 7) is 4.77. The molecule has 0 spiro atoms. The minimum Gasteiger partial charge on any atom is -0.467 e. The second kappa shape index (κ2) is 12.4. The van der Waals surface area contributed by atoms with Crippen LogP contribution < -0.4 is 10.6 Å². The Hall–Kier alpha value is -3.41. The number of alkyl carbamates (subject to hydrolysis) is 2. The van der Waals surface area contributed by atoms with Crippen LogP contribution in [0.3, 0.4) is 0 Å².